The lowest BCUT2D eigenvalue weighted by atomic mass is 10.2. The number of aryl methyl sites for hydroxylation is 1. The molecule has 3 aromatic rings. The summed E-state index contributed by atoms with van der Waals surface area (Å²) < 4.78 is 0. The van der Waals surface area contributed by atoms with Crippen LogP contribution in [-0.2, 0) is 0 Å². The maximum atomic E-state index is 13.1. The van der Waals surface area contributed by atoms with Crippen molar-refractivity contribution in [1.29, 1.82) is 0 Å². The predicted molar refractivity (Wildman–Crippen MR) is 125 cm³/mol. The molecule has 1 N–H and O–H groups in total. The zero-order valence-electron chi connectivity index (χ0n) is 16.2. The van der Waals surface area contributed by atoms with Crippen LogP contribution in [0.5, 0.6) is 0 Å². The lowest BCUT2D eigenvalue weighted by Crippen LogP contribution is -2.35. The van der Waals surface area contributed by atoms with Gasteiger partial charge in [0, 0.05) is 36.2 Å². The van der Waals surface area contributed by atoms with Crippen molar-refractivity contribution < 1.29 is 4.79 Å². The summed E-state index contributed by atoms with van der Waals surface area (Å²) in [5.41, 5.74) is 3.91. The number of aromatic nitrogens is 1. The number of hydrogen-bond donors (Lipinski definition) is 1. The van der Waals surface area contributed by atoms with Gasteiger partial charge < -0.3 is 10.2 Å². The second-order valence-corrected chi connectivity index (χ2v) is 8.21. The van der Waals surface area contributed by atoms with Gasteiger partial charge >= 0.3 is 6.03 Å². The van der Waals surface area contributed by atoms with Crippen molar-refractivity contribution in [1.82, 2.24) is 4.98 Å². The number of halogens is 3. The highest BCUT2D eigenvalue weighted by Crippen LogP contribution is 2.42. The summed E-state index contributed by atoms with van der Waals surface area (Å²) in [6, 6.07) is 12.9. The summed E-state index contributed by atoms with van der Waals surface area (Å²) in [4.78, 5) is 21.0. The Balaban J connectivity index is 1.70. The first kappa shape index (κ1) is 20.8. The second-order valence-electron chi connectivity index (χ2n) is 6.99. The van der Waals surface area contributed by atoms with Crippen LogP contribution in [0.1, 0.15) is 12.0 Å². The van der Waals surface area contributed by atoms with Crippen molar-refractivity contribution in [2.24, 2.45) is 0 Å². The van der Waals surface area contributed by atoms with E-state index in [-0.39, 0.29) is 6.03 Å². The number of amides is 2. The summed E-state index contributed by atoms with van der Waals surface area (Å²) in [6.45, 7) is 3.11. The van der Waals surface area contributed by atoms with Gasteiger partial charge in [-0.2, -0.15) is 0 Å². The summed E-state index contributed by atoms with van der Waals surface area (Å²) in [5, 5.41) is 4.48. The average Bonchev–Trinajstić information content (AvgIpc) is 2.91. The highest BCUT2D eigenvalue weighted by Gasteiger charge is 2.27. The number of fused-ring (bicyclic) bond motifs is 1. The Morgan fingerprint density at radius 1 is 0.967 bits per heavy atom. The van der Waals surface area contributed by atoms with Gasteiger partial charge in [0.2, 0.25) is 0 Å². The summed E-state index contributed by atoms with van der Waals surface area (Å²) in [6.07, 6.45) is 3.87. The van der Waals surface area contributed by atoms with E-state index in [0.29, 0.717) is 39.5 Å². The van der Waals surface area contributed by atoms with E-state index in [0.717, 1.165) is 23.4 Å². The molecule has 2 amide bonds. The van der Waals surface area contributed by atoms with Gasteiger partial charge in [-0.15, -0.1) is 0 Å². The molecule has 0 saturated heterocycles. The zero-order valence-corrected chi connectivity index (χ0v) is 18.5. The smallest absolute Gasteiger partial charge is 0.326 e. The maximum absolute atomic E-state index is 13.1. The van der Waals surface area contributed by atoms with Crippen molar-refractivity contribution >= 4 is 63.6 Å². The van der Waals surface area contributed by atoms with Gasteiger partial charge in [-0.05, 0) is 43.2 Å². The van der Waals surface area contributed by atoms with Gasteiger partial charge in [-0.25, -0.2) is 4.79 Å². The van der Waals surface area contributed by atoms with Gasteiger partial charge in [0.05, 0.1) is 27.1 Å². The van der Waals surface area contributed by atoms with E-state index in [9.17, 15) is 4.79 Å². The highest BCUT2D eigenvalue weighted by molar-refractivity contribution is 6.39. The van der Waals surface area contributed by atoms with Gasteiger partial charge in [0.1, 0.15) is 0 Å². The van der Waals surface area contributed by atoms with Crippen molar-refractivity contribution in [3.05, 3.63) is 75.5 Å². The third kappa shape index (κ3) is 4.06. The fourth-order valence-electron chi connectivity index (χ4n) is 3.52. The van der Waals surface area contributed by atoms with E-state index < -0.39 is 0 Å². The van der Waals surface area contributed by atoms with Crippen LogP contribution in [0.2, 0.25) is 15.1 Å². The molecule has 4 rings (SSSR count). The number of hydrogen-bond acceptors (Lipinski definition) is 3. The van der Waals surface area contributed by atoms with Crippen LogP contribution in [0.25, 0.3) is 0 Å². The number of pyridine rings is 1. The number of anilines is 4. The normalized spacial score (nSPS) is 13.6. The van der Waals surface area contributed by atoms with E-state index in [1.165, 1.54) is 0 Å². The Morgan fingerprint density at radius 3 is 2.37 bits per heavy atom. The molecule has 0 saturated carbocycles. The molecule has 0 bridgehead atoms. The van der Waals surface area contributed by atoms with Crippen molar-refractivity contribution in [2.75, 3.05) is 28.2 Å². The number of rotatable bonds is 2. The monoisotopic (exact) mass is 460 g/mol. The van der Waals surface area contributed by atoms with Crippen LogP contribution in [-0.4, -0.2) is 24.1 Å². The molecule has 2 heterocycles. The van der Waals surface area contributed by atoms with Crippen LogP contribution in [0.3, 0.4) is 0 Å². The molecule has 0 unspecified atom stereocenters. The van der Waals surface area contributed by atoms with Crippen LogP contribution in [0.15, 0.2) is 54.9 Å². The summed E-state index contributed by atoms with van der Waals surface area (Å²) in [5.74, 6) is 0. The van der Waals surface area contributed by atoms with Gasteiger partial charge in [0.15, 0.2) is 0 Å². The Hall–Kier alpha value is -2.47. The Labute approximate surface area is 190 Å². The van der Waals surface area contributed by atoms with E-state index in [4.69, 9.17) is 34.8 Å². The number of carbonyl (C=O) groups is 1. The number of nitrogens with zero attached hydrogens (tertiary/aromatic N) is 3. The number of nitrogens with one attached hydrogen (secondary N) is 1. The molecule has 0 fully saturated rings. The molecule has 1 aliphatic heterocycles. The molecule has 5 nitrogen and oxygen atoms in total. The minimum absolute atomic E-state index is 0.226. The van der Waals surface area contributed by atoms with E-state index in [2.05, 4.69) is 10.3 Å². The van der Waals surface area contributed by atoms with Gasteiger partial charge in [-0.1, -0.05) is 53.0 Å². The quantitative estimate of drug-likeness (QED) is 0.450. The minimum Gasteiger partial charge on any atom is -0.337 e. The SMILES string of the molecule is Cc1ccc(NC(=O)N2CCCN(c3c(Cl)cncc3Cl)c3ccccc32)cc1Cl. The molecular weight excluding hydrogens is 443 g/mol. The topological polar surface area (TPSA) is 48.5 Å². The van der Waals surface area contributed by atoms with Crippen molar-refractivity contribution in [3.8, 4) is 0 Å². The molecule has 0 radical (unpaired) electrons. The highest BCUT2D eigenvalue weighted by atomic mass is 35.5. The Kier molecular flexibility index (Phi) is 6.04. The molecule has 30 heavy (non-hydrogen) atoms. The first-order valence-electron chi connectivity index (χ1n) is 9.46. The molecule has 2 aromatic carbocycles. The lowest BCUT2D eigenvalue weighted by molar-refractivity contribution is 0.257. The van der Waals surface area contributed by atoms with Gasteiger partial charge in [0.25, 0.3) is 0 Å². The Bertz CT molecular complexity index is 1090. The predicted octanol–water partition coefficient (Wildman–Crippen LogP) is 6.93. The molecule has 0 spiro atoms. The summed E-state index contributed by atoms with van der Waals surface area (Å²) >= 11 is 19.1. The Morgan fingerprint density at radius 2 is 1.67 bits per heavy atom. The first-order chi connectivity index (χ1) is 14.5. The standard InChI is InChI=1S/C22H19Cl3N4O/c1-14-7-8-15(11-16(14)23)27-22(30)29-10-4-9-28(19-5-2-3-6-20(19)29)21-17(24)12-26-13-18(21)25/h2-3,5-8,11-13H,4,9-10H2,1H3,(H,27,30). The second kappa shape index (κ2) is 8.72. The van der Waals surface area contributed by atoms with Crippen LogP contribution >= 0.6 is 34.8 Å². The van der Waals surface area contributed by atoms with E-state index >= 15 is 0 Å². The van der Waals surface area contributed by atoms with Crippen LogP contribution in [0, 0.1) is 6.92 Å². The number of urea groups is 1. The van der Waals surface area contributed by atoms with Crippen LogP contribution in [0.4, 0.5) is 27.5 Å². The molecule has 1 aromatic heterocycles. The average molecular weight is 462 g/mol. The van der Waals surface area contributed by atoms with Crippen molar-refractivity contribution in [3.63, 3.8) is 0 Å². The molecule has 8 heteroatoms. The molecule has 0 aliphatic carbocycles. The molecule has 0 atom stereocenters. The fourth-order valence-corrected chi connectivity index (χ4v) is 4.26. The largest absolute Gasteiger partial charge is 0.337 e. The van der Waals surface area contributed by atoms with E-state index in [1.54, 1.807) is 23.4 Å². The zero-order chi connectivity index (χ0) is 21.3. The minimum atomic E-state index is -0.226. The van der Waals surface area contributed by atoms with Gasteiger partial charge in [-0.3, -0.25) is 9.88 Å². The lowest BCUT2D eigenvalue weighted by Gasteiger charge is -2.28. The molecular formula is C22H19Cl3N4O. The number of benzene rings is 2. The third-order valence-corrected chi connectivity index (χ3v) is 5.95. The number of para-hydroxylation sites is 2. The molecule has 154 valence electrons. The van der Waals surface area contributed by atoms with E-state index in [1.807, 2.05) is 48.2 Å². The third-order valence-electron chi connectivity index (χ3n) is 4.99. The van der Waals surface area contributed by atoms with Crippen molar-refractivity contribution in [2.45, 2.75) is 13.3 Å². The summed E-state index contributed by atoms with van der Waals surface area (Å²) in [7, 11) is 0. The molecule has 1 aliphatic rings. The fraction of sp³-hybridized carbons (Fsp3) is 0.182. The maximum Gasteiger partial charge on any atom is 0.326 e. The van der Waals surface area contributed by atoms with Crippen LogP contribution < -0.4 is 15.1 Å². The first-order valence-corrected chi connectivity index (χ1v) is 10.6. The number of carbonyl (C=O) groups excluding carboxylic acids is 1.